The maximum Gasteiger partial charge on any atom is 0.293 e. The lowest BCUT2D eigenvalue weighted by atomic mass is 9.83. The smallest absolute Gasteiger partial charge is 0.293 e. The number of nitrogens with two attached hydrogens (primary N) is 1. The summed E-state index contributed by atoms with van der Waals surface area (Å²) in [5, 5.41) is 0. The van der Waals surface area contributed by atoms with Crippen LogP contribution in [0.5, 0.6) is 5.75 Å². The summed E-state index contributed by atoms with van der Waals surface area (Å²) in [5.41, 5.74) is 8.87. The normalized spacial score (nSPS) is 12.9. The van der Waals surface area contributed by atoms with Gasteiger partial charge in [-0.1, -0.05) is 60.7 Å². The maximum absolute atomic E-state index is 11.6. The number of methoxy groups -OCH3 is 1. The highest BCUT2D eigenvalue weighted by Gasteiger charge is 2.35. The van der Waals surface area contributed by atoms with Crippen molar-refractivity contribution in [2.24, 2.45) is 0 Å². The molecule has 0 bridgehead atoms. The van der Waals surface area contributed by atoms with Crippen LogP contribution in [0.15, 0.2) is 78.9 Å². The Morgan fingerprint density at radius 1 is 0.968 bits per heavy atom. The van der Waals surface area contributed by atoms with Gasteiger partial charge in [-0.15, -0.1) is 0 Å². The molecule has 0 aromatic heterocycles. The fourth-order valence-corrected chi connectivity index (χ4v) is 3.88. The molecular formula is C26H30N2O3. The molecule has 0 fully saturated rings. The lowest BCUT2D eigenvalue weighted by molar-refractivity contribution is -0.146. The number of hydrogen-bond donors (Lipinski definition) is 1. The largest absolute Gasteiger partial charge is 0.496 e. The van der Waals surface area contributed by atoms with Gasteiger partial charge in [-0.05, 0) is 41.9 Å². The van der Waals surface area contributed by atoms with Gasteiger partial charge < -0.3 is 20.1 Å². The van der Waals surface area contributed by atoms with Gasteiger partial charge in [-0.2, -0.15) is 0 Å². The zero-order valence-electron chi connectivity index (χ0n) is 18.2. The standard InChI is InChI=1S/C26H30N2O3/c1-28(19-21-8-4-3-5-9-21)17-16-26(31-20-29,23-12-14-24(27)15-13-23)18-22-10-6-7-11-25(22)30-2/h3-15,20H,16-19,27H2,1-2H3. The lowest BCUT2D eigenvalue weighted by Gasteiger charge is -2.35. The van der Waals surface area contributed by atoms with Gasteiger partial charge in [0.2, 0.25) is 0 Å². The first kappa shape index (κ1) is 22.4. The molecule has 0 aliphatic rings. The molecule has 2 N–H and O–H groups in total. The molecule has 3 rings (SSSR count). The predicted octanol–water partition coefficient (Wildman–Crippen LogP) is 4.41. The molecule has 3 aromatic carbocycles. The summed E-state index contributed by atoms with van der Waals surface area (Å²) < 4.78 is 11.4. The van der Waals surface area contributed by atoms with Crippen molar-refractivity contribution in [3.05, 3.63) is 95.6 Å². The van der Waals surface area contributed by atoms with Gasteiger partial charge in [0, 0.05) is 31.6 Å². The van der Waals surface area contributed by atoms with Gasteiger partial charge in [-0.25, -0.2) is 0 Å². The van der Waals surface area contributed by atoms with E-state index in [1.807, 2.05) is 66.7 Å². The van der Waals surface area contributed by atoms with Crippen LogP contribution in [0.1, 0.15) is 23.1 Å². The molecule has 0 aliphatic carbocycles. The SMILES string of the molecule is COc1ccccc1CC(CCN(C)Cc1ccccc1)(OC=O)c1ccc(N)cc1. The number of benzene rings is 3. The van der Waals surface area contributed by atoms with Gasteiger partial charge in [-0.3, -0.25) is 4.79 Å². The third-order valence-electron chi connectivity index (χ3n) is 5.57. The Bertz CT molecular complexity index is 960. The minimum absolute atomic E-state index is 0.499. The van der Waals surface area contributed by atoms with Crippen LogP contribution < -0.4 is 10.5 Å². The zero-order chi connectivity index (χ0) is 22.1. The van der Waals surface area contributed by atoms with Crippen molar-refractivity contribution in [3.8, 4) is 5.75 Å². The van der Waals surface area contributed by atoms with Gasteiger partial charge >= 0.3 is 0 Å². The second-order valence-corrected chi connectivity index (χ2v) is 7.79. The molecule has 31 heavy (non-hydrogen) atoms. The summed E-state index contributed by atoms with van der Waals surface area (Å²) >= 11 is 0. The average molecular weight is 419 g/mol. The van der Waals surface area contributed by atoms with Crippen LogP contribution in [0.2, 0.25) is 0 Å². The van der Waals surface area contributed by atoms with E-state index < -0.39 is 5.60 Å². The number of anilines is 1. The number of rotatable bonds is 11. The average Bonchev–Trinajstić information content (AvgIpc) is 2.79. The molecule has 0 radical (unpaired) electrons. The van der Waals surface area contributed by atoms with E-state index in [-0.39, 0.29) is 0 Å². The Morgan fingerprint density at radius 3 is 2.32 bits per heavy atom. The molecule has 1 unspecified atom stereocenters. The van der Waals surface area contributed by atoms with Crippen molar-refractivity contribution in [2.75, 3.05) is 26.4 Å². The van der Waals surface area contributed by atoms with Gasteiger partial charge in [0.25, 0.3) is 6.47 Å². The Kier molecular flexibility index (Phi) is 7.68. The third-order valence-corrected chi connectivity index (χ3v) is 5.57. The van der Waals surface area contributed by atoms with Crippen molar-refractivity contribution in [1.82, 2.24) is 4.90 Å². The molecule has 0 saturated carbocycles. The van der Waals surface area contributed by atoms with Crippen LogP contribution in [0.25, 0.3) is 0 Å². The minimum atomic E-state index is -0.838. The summed E-state index contributed by atoms with van der Waals surface area (Å²) in [5.74, 6) is 0.773. The molecule has 0 heterocycles. The lowest BCUT2D eigenvalue weighted by Crippen LogP contribution is -2.36. The van der Waals surface area contributed by atoms with Gasteiger partial charge in [0.15, 0.2) is 0 Å². The number of hydrogen-bond acceptors (Lipinski definition) is 5. The molecule has 5 nitrogen and oxygen atoms in total. The first-order valence-electron chi connectivity index (χ1n) is 10.4. The van der Waals surface area contributed by atoms with Gasteiger partial charge in [0.1, 0.15) is 11.4 Å². The minimum Gasteiger partial charge on any atom is -0.496 e. The first-order chi connectivity index (χ1) is 15.1. The van der Waals surface area contributed by atoms with E-state index in [0.29, 0.717) is 25.0 Å². The van der Waals surface area contributed by atoms with E-state index >= 15 is 0 Å². The molecule has 5 heteroatoms. The number of para-hydroxylation sites is 1. The van der Waals surface area contributed by atoms with Gasteiger partial charge in [0.05, 0.1) is 7.11 Å². The summed E-state index contributed by atoms with van der Waals surface area (Å²) in [6.45, 7) is 2.10. The van der Waals surface area contributed by atoms with Crippen molar-refractivity contribution in [3.63, 3.8) is 0 Å². The van der Waals surface area contributed by atoms with E-state index in [1.165, 1.54) is 5.56 Å². The van der Waals surface area contributed by atoms with E-state index in [9.17, 15) is 4.79 Å². The third kappa shape index (κ3) is 5.86. The summed E-state index contributed by atoms with van der Waals surface area (Å²) in [6, 6.07) is 25.7. The fourth-order valence-electron chi connectivity index (χ4n) is 3.88. The molecule has 0 spiro atoms. The second-order valence-electron chi connectivity index (χ2n) is 7.79. The number of carbonyl (C=O) groups excluding carboxylic acids is 1. The summed E-state index contributed by atoms with van der Waals surface area (Å²) in [4.78, 5) is 13.9. The van der Waals surface area contributed by atoms with E-state index in [2.05, 4.69) is 24.1 Å². The maximum atomic E-state index is 11.6. The highest BCUT2D eigenvalue weighted by molar-refractivity contribution is 5.46. The predicted molar refractivity (Wildman–Crippen MR) is 124 cm³/mol. The molecule has 162 valence electrons. The monoisotopic (exact) mass is 418 g/mol. The van der Waals surface area contributed by atoms with Crippen LogP contribution in [0, 0.1) is 0 Å². The summed E-state index contributed by atoms with van der Waals surface area (Å²) in [7, 11) is 3.72. The second kappa shape index (κ2) is 10.6. The summed E-state index contributed by atoms with van der Waals surface area (Å²) in [6.07, 6.45) is 1.12. The number of ether oxygens (including phenoxy) is 2. The first-order valence-corrected chi connectivity index (χ1v) is 10.4. The number of nitrogens with zero attached hydrogens (tertiary/aromatic N) is 1. The number of carbonyl (C=O) groups is 1. The van der Waals surface area contributed by atoms with Crippen molar-refractivity contribution >= 4 is 12.2 Å². The Labute approximate surface area is 184 Å². The fraction of sp³-hybridized carbons (Fsp3) is 0.269. The molecule has 1 atom stereocenters. The number of nitrogen functional groups attached to an aromatic ring is 1. The molecular weight excluding hydrogens is 388 g/mol. The van der Waals surface area contributed by atoms with Crippen LogP contribution >= 0.6 is 0 Å². The Morgan fingerprint density at radius 2 is 1.65 bits per heavy atom. The van der Waals surface area contributed by atoms with E-state index in [0.717, 1.165) is 30.0 Å². The highest BCUT2D eigenvalue weighted by Crippen LogP contribution is 2.36. The molecule has 3 aromatic rings. The van der Waals surface area contributed by atoms with E-state index in [1.54, 1.807) is 7.11 Å². The van der Waals surface area contributed by atoms with Crippen LogP contribution in [-0.4, -0.2) is 32.1 Å². The Balaban J connectivity index is 1.89. The Hall–Kier alpha value is -3.31. The molecule has 0 aliphatic heterocycles. The zero-order valence-corrected chi connectivity index (χ0v) is 18.2. The molecule has 0 amide bonds. The van der Waals surface area contributed by atoms with Crippen LogP contribution in [0.3, 0.4) is 0 Å². The van der Waals surface area contributed by atoms with Crippen LogP contribution in [-0.2, 0) is 28.1 Å². The topological polar surface area (TPSA) is 64.8 Å². The van der Waals surface area contributed by atoms with Crippen LogP contribution in [0.4, 0.5) is 5.69 Å². The quantitative estimate of drug-likeness (QED) is 0.369. The van der Waals surface area contributed by atoms with Crippen molar-refractivity contribution < 1.29 is 14.3 Å². The highest BCUT2D eigenvalue weighted by atomic mass is 16.5. The van der Waals surface area contributed by atoms with Crippen molar-refractivity contribution in [2.45, 2.75) is 25.0 Å². The van der Waals surface area contributed by atoms with E-state index in [4.69, 9.17) is 15.2 Å². The molecule has 0 saturated heterocycles. The van der Waals surface area contributed by atoms with Crippen molar-refractivity contribution in [1.29, 1.82) is 0 Å².